The summed E-state index contributed by atoms with van der Waals surface area (Å²) >= 11 is 1.10. The fraction of sp³-hybridized carbons (Fsp3) is 0.286. The Morgan fingerprint density at radius 1 is 1.76 bits per heavy atom. The van der Waals surface area contributed by atoms with Gasteiger partial charge in [-0.05, 0) is 5.53 Å². The lowest BCUT2D eigenvalue weighted by atomic mass is 10.3. The molecule has 1 heterocycles. The number of anilines is 1. The third kappa shape index (κ3) is 3.97. The summed E-state index contributed by atoms with van der Waals surface area (Å²) in [6, 6.07) is 0. The van der Waals surface area contributed by atoms with Crippen molar-refractivity contribution in [3.05, 3.63) is 21.5 Å². The molecule has 90 valence electrons. The zero-order valence-electron chi connectivity index (χ0n) is 8.48. The van der Waals surface area contributed by atoms with Gasteiger partial charge in [0.2, 0.25) is 5.71 Å². The van der Waals surface area contributed by atoms with Gasteiger partial charge in [0.25, 0.3) is 0 Å². The van der Waals surface area contributed by atoms with Gasteiger partial charge in [-0.2, -0.15) is 0 Å². The number of hydrogen-bond acceptors (Lipinski definition) is 7. The molecule has 17 heavy (non-hydrogen) atoms. The molecular weight excluding hydrogens is 248 g/mol. The van der Waals surface area contributed by atoms with Crippen molar-refractivity contribution in [3.8, 4) is 0 Å². The molecule has 0 spiro atoms. The van der Waals surface area contributed by atoms with E-state index in [2.05, 4.69) is 25.0 Å². The van der Waals surface area contributed by atoms with Crippen molar-refractivity contribution in [1.82, 2.24) is 4.98 Å². The Labute approximate surface area is 99.1 Å². The Balaban J connectivity index is 2.69. The quantitative estimate of drug-likeness (QED) is 0.193. The van der Waals surface area contributed by atoms with Gasteiger partial charge in [-0.1, -0.05) is 10.3 Å². The maximum absolute atomic E-state index is 10.9. The van der Waals surface area contributed by atoms with Gasteiger partial charge < -0.3 is 15.7 Å². The summed E-state index contributed by atoms with van der Waals surface area (Å²) in [6.45, 7) is 0.0482. The van der Waals surface area contributed by atoms with E-state index in [4.69, 9.17) is 16.4 Å². The number of carboxylic acids is 1. The summed E-state index contributed by atoms with van der Waals surface area (Å²) in [6.07, 6.45) is 0. The molecular formula is C7H8N6O3S. The fourth-order valence-electron chi connectivity index (χ4n) is 0.828. The van der Waals surface area contributed by atoms with E-state index >= 15 is 0 Å². The van der Waals surface area contributed by atoms with Crippen molar-refractivity contribution in [3.63, 3.8) is 0 Å². The molecule has 0 amide bonds. The third-order valence-electron chi connectivity index (χ3n) is 1.47. The van der Waals surface area contributed by atoms with E-state index in [1.54, 1.807) is 0 Å². The third-order valence-corrected chi connectivity index (χ3v) is 2.14. The lowest BCUT2D eigenvalue weighted by Crippen LogP contribution is -2.16. The van der Waals surface area contributed by atoms with Crippen LogP contribution in [-0.4, -0.2) is 34.9 Å². The standard InChI is InChI=1S/C7H8N6O3S/c8-7-11-4(3-17-7)5(6(14)15)12-16-2-1-10-13-9/h3H,1-2H2,(H2,8,11)(H,14,15)/b12-5+. The van der Waals surface area contributed by atoms with Crippen LogP contribution in [0, 0.1) is 0 Å². The number of nitrogens with two attached hydrogens (primary N) is 1. The van der Waals surface area contributed by atoms with Gasteiger partial charge in [-0.3, -0.25) is 0 Å². The molecule has 0 radical (unpaired) electrons. The normalized spacial score (nSPS) is 10.7. The average Bonchev–Trinajstić information content (AvgIpc) is 2.69. The van der Waals surface area contributed by atoms with Gasteiger partial charge in [0.15, 0.2) is 5.13 Å². The van der Waals surface area contributed by atoms with Crippen molar-refractivity contribution >= 4 is 28.1 Å². The number of thiazole rings is 1. The minimum atomic E-state index is -1.28. The summed E-state index contributed by atoms with van der Waals surface area (Å²) < 4.78 is 0. The van der Waals surface area contributed by atoms with E-state index in [9.17, 15) is 4.79 Å². The van der Waals surface area contributed by atoms with Crippen LogP contribution in [-0.2, 0) is 9.63 Å². The number of rotatable bonds is 6. The molecule has 0 unspecified atom stereocenters. The van der Waals surface area contributed by atoms with Gasteiger partial charge in [-0.25, -0.2) is 9.78 Å². The molecule has 1 aromatic heterocycles. The van der Waals surface area contributed by atoms with Crippen molar-refractivity contribution in [1.29, 1.82) is 0 Å². The molecule has 0 saturated heterocycles. The first kappa shape index (κ1) is 12.7. The molecule has 0 aliphatic carbocycles. The summed E-state index contributed by atoms with van der Waals surface area (Å²) in [5, 5.41) is 17.2. The number of aromatic nitrogens is 1. The molecule has 0 bridgehead atoms. The summed E-state index contributed by atoms with van der Waals surface area (Å²) in [4.78, 5) is 21.8. The van der Waals surface area contributed by atoms with E-state index in [1.807, 2.05) is 0 Å². The van der Waals surface area contributed by atoms with E-state index in [0.717, 1.165) is 11.3 Å². The first-order valence-corrected chi connectivity index (χ1v) is 5.18. The maximum atomic E-state index is 10.9. The summed E-state index contributed by atoms with van der Waals surface area (Å²) in [5.74, 6) is -1.28. The predicted molar refractivity (Wildman–Crippen MR) is 60.7 cm³/mol. The van der Waals surface area contributed by atoms with Crippen LogP contribution in [0.5, 0.6) is 0 Å². The molecule has 10 heteroatoms. The summed E-state index contributed by atoms with van der Waals surface area (Å²) in [7, 11) is 0. The Hall–Kier alpha value is -2.32. The van der Waals surface area contributed by atoms with Crippen LogP contribution >= 0.6 is 11.3 Å². The minimum Gasteiger partial charge on any atom is -0.476 e. The van der Waals surface area contributed by atoms with Crippen molar-refractivity contribution < 1.29 is 14.7 Å². The number of aliphatic carboxylic acids is 1. The van der Waals surface area contributed by atoms with Crippen LogP contribution in [0.2, 0.25) is 0 Å². The SMILES string of the molecule is [N-]=[N+]=NCCO/N=C(/C(=O)O)c1csc(N)n1. The average molecular weight is 256 g/mol. The van der Waals surface area contributed by atoms with Crippen molar-refractivity contribution in [2.45, 2.75) is 0 Å². The fourth-order valence-corrected chi connectivity index (χ4v) is 1.38. The Kier molecular flexibility index (Phi) is 4.73. The molecule has 9 nitrogen and oxygen atoms in total. The van der Waals surface area contributed by atoms with Gasteiger partial charge in [0.1, 0.15) is 12.3 Å². The van der Waals surface area contributed by atoms with E-state index in [1.165, 1.54) is 5.38 Å². The van der Waals surface area contributed by atoms with Crippen LogP contribution in [0.25, 0.3) is 10.4 Å². The van der Waals surface area contributed by atoms with Gasteiger partial charge in [0.05, 0.1) is 6.54 Å². The Bertz CT molecular complexity index is 478. The number of hydrogen-bond donors (Lipinski definition) is 2. The molecule has 0 atom stereocenters. The molecule has 0 aromatic carbocycles. The lowest BCUT2D eigenvalue weighted by molar-refractivity contribution is -0.129. The van der Waals surface area contributed by atoms with Crippen LogP contribution in [0.15, 0.2) is 15.7 Å². The Morgan fingerprint density at radius 3 is 3.06 bits per heavy atom. The maximum Gasteiger partial charge on any atom is 0.360 e. The number of nitrogen functional groups attached to an aromatic ring is 1. The predicted octanol–water partition coefficient (Wildman–Crippen LogP) is 0.841. The highest BCUT2D eigenvalue weighted by Crippen LogP contribution is 2.12. The second-order valence-corrected chi connectivity index (χ2v) is 3.49. The highest BCUT2D eigenvalue weighted by Gasteiger charge is 2.16. The zero-order valence-corrected chi connectivity index (χ0v) is 9.29. The van der Waals surface area contributed by atoms with E-state index < -0.39 is 5.97 Å². The highest BCUT2D eigenvalue weighted by atomic mass is 32.1. The van der Waals surface area contributed by atoms with Crippen LogP contribution in [0.1, 0.15) is 5.69 Å². The number of nitrogens with zero attached hydrogens (tertiary/aromatic N) is 5. The number of azide groups is 1. The van der Waals surface area contributed by atoms with E-state index in [0.29, 0.717) is 0 Å². The first-order valence-electron chi connectivity index (χ1n) is 4.30. The van der Waals surface area contributed by atoms with Crippen LogP contribution < -0.4 is 5.73 Å². The second-order valence-electron chi connectivity index (χ2n) is 2.60. The van der Waals surface area contributed by atoms with Gasteiger partial charge >= 0.3 is 5.97 Å². The van der Waals surface area contributed by atoms with Gasteiger partial charge in [0, 0.05) is 10.3 Å². The topological polar surface area (TPSA) is 147 Å². The number of carbonyl (C=O) groups is 1. The zero-order chi connectivity index (χ0) is 12.7. The highest BCUT2D eigenvalue weighted by molar-refractivity contribution is 7.13. The molecule has 0 aliphatic heterocycles. The van der Waals surface area contributed by atoms with E-state index in [-0.39, 0.29) is 29.7 Å². The molecule has 0 aliphatic rings. The van der Waals surface area contributed by atoms with Crippen molar-refractivity contribution in [2.75, 3.05) is 18.9 Å². The number of carboxylic acid groups (broad SMARTS) is 1. The smallest absolute Gasteiger partial charge is 0.360 e. The van der Waals surface area contributed by atoms with Crippen LogP contribution in [0.3, 0.4) is 0 Å². The summed E-state index contributed by atoms with van der Waals surface area (Å²) in [5.41, 5.74) is 13.1. The van der Waals surface area contributed by atoms with Crippen LogP contribution in [0.4, 0.5) is 5.13 Å². The first-order chi connectivity index (χ1) is 8.15. The largest absolute Gasteiger partial charge is 0.476 e. The second kappa shape index (κ2) is 6.30. The monoisotopic (exact) mass is 256 g/mol. The molecule has 0 fully saturated rings. The molecule has 3 N–H and O–H groups in total. The van der Waals surface area contributed by atoms with Crippen molar-refractivity contribution in [2.24, 2.45) is 10.3 Å². The molecule has 0 saturated carbocycles. The molecule has 1 rings (SSSR count). The lowest BCUT2D eigenvalue weighted by Gasteiger charge is -1.98. The van der Waals surface area contributed by atoms with Gasteiger partial charge in [-0.15, -0.1) is 11.3 Å². The Morgan fingerprint density at radius 2 is 2.53 bits per heavy atom. The molecule has 1 aromatic rings. The number of oxime groups is 1. The minimum absolute atomic E-state index is 0.0134.